The Bertz CT molecular complexity index is 1450. The van der Waals surface area contributed by atoms with Gasteiger partial charge in [0.2, 0.25) is 5.24 Å². The minimum absolute atomic E-state index is 0.0723. The van der Waals surface area contributed by atoms with Crippen molar-refractivity contribution in [2.75, 3.05) is 26.2 Å². The number of hydrogen-bond acceptors (Lipinski definition) is 7. The molecule has 0 bridgehead atoms. The fraction of sp³-hybridized carbons (Fsp3) is 0.485. The number of fused-ring (bicyclic) bond motifs is 1. The Kier molecular flexibility index (Phi) is 17.0. The average molecular weight is 648 g/mol. The molecule has 1 saturated heterocycles. The Morgan fingerprint density at radius 2 is 1.60 bits per heavy atom. The molecule has 0 radical (unpaired) electrons. The molecule has 1 saturated carbocycles. The van der Waals surface area contributed by atoms with Gasteiger partial charge in [0.05, 0.1) is 16.6 Å². The topological polar surface area (TPSA) is 147 Å². The van der Waals surface area contributed by atoms with Gasteiger partial charge in [0.25, 0.3) is 11.5 Å². The Labute approximate surface area is 269 Å². The molecule has 248 valence electrons. The number of H-pyrrole nitrogens is 1. The first kappa shape index (κ1) is 39.2. The molecule has 10 nitrogen and oxygen atoms in total. The van der Waals surface area contributed by atoms with Crippen LogP contribution in [0.5, 0.6) is 0 Å². The maximum atomic E-state index is 14.3. The van der Waals surface area contributed by atoms with Gasteiger partial charge in [-0.2, -0.15) is 5.10 Å². The number of piperazine rings is 1. The lowest BCUT2D eigenvalue weighted by Crippen LogP contribution is -2.46. The summed E-state index contributed by atoms with van der Waals surface area (Å²) >= 11 is 5.04. The van der Waals surface area contributed by atoms with E-state index in [4.69, 9.17) is 17.3 Å². The van der Waals surface area contributed by atoms with Crippen LogP contribution in [0, 0.1) is 11.7 Å². The Hall–Kier alpha value is -3.83. The molecule has 2 fully saturated rings. The molecule has 2 aromatic carbocycles. The lowest BCUT2D eigenvalue weighted by Gasteiger charge is -2.27. The number of hydrogen-bond donors (Lipinski definition) is 3. The molecular formula is C33H47ClFN5O5. The zero-order valence-corrected chi connectivity index (χ0v) is 28.1. The smallest absolute Gasteiger partial charge is 0.405 e. The second kappa shape index (κ2) is 19.5. The van der Waals surface area contributed by atoms with Crippen LogP contribution in [0.2, 0.25) is 0 Å². The second-order valence-electron chi connectivity index (χ2n) is 10.7. The molecule has 45 heavy (non-hydrogen) atoms. The van der Waals surface area contributed by atoms with Gasteiger partial charge in [-0.15, -0.1) is 0 Å². The Balaban J connectivity index is 0.000000463. The highest BCUT2D eigenvalue weighted by atomic mass is 35.5. The van der Waals surface area contributed by atoms with E-state index in [-0.39, 0.29) is 28.2 Å². The van der Waals surface area contributed by atoms with Crippen molar-refractivity contribution in [3.8, 4) is 0 Å². The third kappa shape index (κ3) is 13.8. The molecule has 1 aliphatic carbocycles. The zero-order valence-electron chi connectivity index (χ0n) is 27.3. The first-order valence-electron chi connectivity index (χ1n) is 15.3. The number of benzene rings is 2. The number of amides is 2. The average Bonchev–Trinajstić information content (AvgIpc) is 3.88. The van der Waals surface area contributed by atoms with Crippen LogP contribution >= 0.6 is 11.6 Å². The van der Waals surface area contributed by atoms with Crippen LogP contribution in [0.15, 0.2) is 47.3 Å². The summed E-state index contributed by atoms with van der Waals surface area (Å²) in [6.45, 7) is 15.8. The van der Waals surface area contributed by atoms with Crippen molar-refractivity contribution >= 4 is 39.6 Å². The number of nitrogens with one attached hydrogen (secondary N) is 2. The van der Waals surface area contributed by atoms with Crippen molar-refractivity contribution in [2.45, 2.75) is 73.3 Å². The number of nitrogens with two attached hydrogens (primary N) is 1. The van der Waals surface area contributed by atoms with Gasteiger partial charge < -0.3 is 20.7 Å². The van der Waals surface area contributed by atoms with Crippen molar-refractivity contribution in [3.63, 3.8) is 0 Å². The summed E-state index contributed by atoms with van der Waals surface area (Å²) in [7, 11) is 0. The number of aromatic amines is 1. The van der Waals surface area contributed by atoms with Crippen LogP contribution in [-0.4, -0.2) is 64.1 Å². The number of carbonyl (C=O) groups is 3. The highest BCUT2D eigenvalue weighted by molar-refractivity contribution is 6.64. The van der Waals surface area contributed by atoms with Gasteiger partial charge in [-0.05, 0) is 69.0 Å². The molecule has 0 spiro atoms. The Morgan fingerprint density at radius 1 is 1.02 bits per heavy atom. The standard InChI is InChI=1S/C20H19FN4O2.C5H11NO2.C4H5ClO.2C2H6/c21-17-6-5-13(11-16(17)20(27)25-9-7-22-8-10-25)12-18-14-3-1-2-4-15(14)19(26)24-23-18;1-5(2,3)8-4(6)7;5-4(6)3-1-2-3;2*1-2/h1-6,11,22H,7-10,12H2,(H,24,26);1-3H3,(H2,6,7);3H,1-2H2;2*1-2H3. The normalized spacial score (nSPS) is 13.7. The van der Waals surface area contributed by atoms with Crippen molar-refractivity contribution < 1.29 is 23.5 Å². The van der Waals surface area contributed by atoms with E-state index in [1.165, 1.54) is 6.07 Å². The summed E-state index contributed by atoms with van der Waals surface area (Å²) in [5.74, 6) is -0.594. The molecule has 12 heteroatoms. The maximum absolute atomic E-state index is 14.3. The van der Waals surface area contributed by atoms with Gasteiger partial charge in [-0.25, -0.2) is 14.3 Å². The van der Waals surface area contributed by atoms with Crippen LogP contribution in [0.3, 0.4) is 0 Å². The van der Waals surface area contributed by atoms with E-state index in [1.54, 1.807) is 49.9 Å². The maximum Gasteiger partial charge on any atom is 0.405 e. The molecule has 1 aliphatic heterocycles. The summed E-state index contributed by atoms with van der Waals surface area (Å²) < 4.78 is 18.9. The molecule has 1 aromatic heterocycles. The van der Waals surface area contributed by atoms with Gasteiger partial charge in [0.15, 0.2) is 0 Å². The molecule has 0 unspecified atom stereocenters. The van der Waals surface area contributed by atoms with E-state index >= 15 is 0 Å². The molecular weight excluding hydrogens is 601 g/mol. The summed E-state index contributed by atoms with van der Waals surface area (Å²) in [6.07, 6.45) is 1.70. The van der Waals surface area contributed by atoms with E-state index in [0.29, 0.717) is 43.7 Å². The summed E-state index contributed by atoms with van der Waals surface area (Å²) in [4.78, 5) is 46.2. The molecule has 2 amide bonds. The number of ether oxygens (including phenoxy) is 1. The van der Waals surface area contributed by atoms with Gasteiger partial charge in [0.1, 0.15) is 11.4 Å². The van der Waals surface area contributed by atoms with E-state index in [1.807, 2.05) is 39.8 Å². The van der Waals surface area contributed by atoms with Gasteiger partial charge >= 0.3 is 6.09 Å². The van der Waals surface area contributed by atoms with Crippen molar-refractivity contribution in [2.24, 2.45) is 11.7 Å². The fourth-order valence-corrected chi connectivity index (χ4v) is 4.21. The lowest BCUT2D eigenvalue weighted by atomic mass is 10.0. The number of primary amides is 1. The highest BCUT2D eigenvalue weighted by Gasteiger charge is 2.27. The van der Waals surface area contributed by atoms with E-state index in [2.05, 4.69) is 20.3 Å². The number of rotatable bonds is 4. The number of halogens is 2. The van der Waals surface area contributed by atoms with Crippen molar-refractivity contribution in [3.05, 3.63) is 75.5 Å². The van der Waals surface area contributed by atoms with Crippen LogP contribution in [0.4, 0.5) is 9.18 Å². The van der Waals surface area contributed by atoms with Crippen molar-refractivity contribution in [1.29, 1.82) is 0 Å². The lowest BCUT2D eigenvalue weighted by molar-refractivity contribution is -0.112. The largest absolute Gasteiger partial charge is 0.444 e. The number of carbonyl (C=O) groups excluding carboxylic acids is 3. The van der Waals surface area contributed by atoms with Crippen LogP contribution in [-0.2, 0) is 16.0 Å². The molecule has 3 aromatic rings. The fourth-order valence-electron chi connectivity index (χ4n) is 4.00. The van der Waals surface area contributed by atoms with E-state index < -0.39 is 17.5 Å². The third-order valence-corrected chi connectivity index (χ3v) is 6.43. The van der Waals surface area contributed by atoms with E-state index in [9.17, 15) is 23.6 Å². The van der Waals surface area contributed by atoms with Gasteiger partial charge in [0, 0.05) is 43.9 Å². The van der Waals surface area contributed by atoms with Gasteiger partial charge in [-0.1, -0.05) is 52.0 Å². The third-order valence-electron chi connectivity index (χ3n) is 6.12. The minimum Gasteiger partial charge on any atom is -0.444 e. The zero-order chi connectivity index (χ0) is 34.2. The summed E-state index contributed by atoms with van der Waals surface area (Å²) in [5, 5.41) is 11.0. The summed E-state index contributed by atoms with van der Waals surface area (Å²) in [5.41, 5.74) is 5.53. The predicted molar refractivity (Wildman–Crippen MR) is 177 cm³/mol. The first-order chi connectivity index (χ1) is 21.4. The monoisotopic (exact) mass is 647 g/mol. The predicted octanol–water partition coefficient (Wildman–Crippen LogP) is 5.79. The molecule has 5 rings (SSSR count). The second-order valence-corrected chi connectivity index (χ2v) is 11.1. The van der Waals surface area contributed by atoms with Crippen molar-refractivity contribution in [1.82, 2.24) is 20.4 Å². The minimum atomic E-state index is -0.725. The van der Waals surface area contributed by atoms with Crippen LogP contribution < -0.4 is 16.6 Å². The molecule has 0 atom stereocenters. The molecule has 4 N–H and O–H groups in total. The number of nitrogens with zero attached hydrogens (tertiary/aromatic N) is 2. The first-order valence-corrected chi connectivity index (χ1v) is 15.7. The Morgan fingerprint density at radius 3 is 2.07 bits per heavy atom. The molecule has 2 heterocycles. The van der Waals surface area contributed by atoms with E-state index in [0.717, 1.165) is 23.8 Å². The van der Waals surface area contributed by atoms with Crippen LogP contribution in [0.25, 0.3) is 10.8 Å². The highest BCUT2D eigenvalue weighted by Crippen LogP contribution is 2.30. The summed E-state index contributed by atoms with van der Waals surface area (Å²) in [6, 6.07) is 11.8. The van der Waals surface area contributed by atoms with Gasteiger partial charge in [-0.3, -0.25) is 14.4 Å². The quantitative estimate of drug-likeness (QED) is 0.304. The molecule has 2 aliphatic rings. The number of aromatic nitrogens is 2. The SMILES string of the molecule is CC.CC.CC(C)(C)OC(N)=O.O=C(Cl)C1CC1.O=C(c1cc(Cc2n[nH]c(=O)c3ccccc23)ccc1F)N1CCNCC1. The van der Waals surface area contributed by atoms with Crippen LogP contribution in [0.1, 0.15) is 82.9 Å².